The number of hydrogen-bond donors (Lipinski definition) is 1. The summed E-state index contributed by atoms with van der Waals surface area (Å²) < 4.78 is 0. The van der Waals surface area contributed by atoms with Gasteiger partial charge in [0.2, 0.25) is 0 Å². The molecule has 159 valence electrons. The van der Waals surface area contributed by atoms with E-state index in [9.17, 15) is 0 Å². The second kappa shape index (κ2) is 7.40. The number of rotatable bonds is 3. The summed E-state index contributed by atoms with van der Waals surface area (Å²) in [5.41, 5.74) is 9.92. The van der Waals surface area contributed by atoms with E-state index in [1.54, 1.807) is 0 Å². The maximum atomic E-state index is 5.13. The number of aromatic nitrogens is 2. The van der Waals surface area contributed by atoms with Crippen LogP contribution in [0, 0.1) is 26.8 Å². The topological polar surface area (TPSA) is 31.9 Å². The Balaban J connectivity index is 1.56. The molecular formula is C28H32N3. The summed E-state index contributed by atoms with van der Waals surface area (Å²) in [4.78, 5) is 11.4. The van der Waals surface area contributed by atoms with E-state index in [2.05, 4.69) is 93.1 Å². The van der Waals surface area contributed by atoms with Crippen LogP contribution in [-0.4, -0.2) is 21.4 Å². The second-order valence-electron chi connectivity index (χ2n) is 9.60. The first-order chi connectivity index (χ1) is 14.9. The van der Waals surface area contributed by atoms with E-state index < -0.39 is 0 Å². The van der Waals surface area contributed by atoms with Crippen LogP contribution in [0.2, 0.25) is 0 Å². The summed E-state index contributed by atoms with van der Waals surface area (Å²) in [7, 11) is 0. The number of allylic oxidation sites excluding steroid dienone is 3. The minimum Gasteiger partial charge on any atom is -0.358 e. The largest absolute Gasteiger partial charge is 0.358 e. The summed E-state index contributed by atoms with van der Waals surface area (Å²) in [6.07, 6.45) is 9.57. The van der Waals surface area contributed by atoms with Crippen molar-refractivity contribution >= 4 is 11.0 Å². The van der Waals surface area contributed by atoms with Crippen molar-refractivity contribution in [1.29, 1.82) is 0 Å². The minimum absolute atomic E-state index is 0.148. The molecule has 2 heterocycles. The first-order valence-electron chi connectivity index (χ1n) is 11.5. The van der Waals surface area contributed by atoms with Crippen molar-refractivity contribution in [2.24, 2.45) is 0 Å². The molecule has 0 saturated carbocycles. The van der Waals surface area contributed by atoms with Crippen molar-refractivity contribution in [3.05, 3.63) is 87.9 Å². The van der Waals surface area contributed by atoms with E-state index >= 15 is 0 Å². The van der Waals surface area contributed by atoms with E-state index in [-0.39, 0.29) is 5.54 Å². The molecule has 2 atom stereocenters. The average molecular weight is 411 g/mol. The van der Waals surface area contributed by atoms with Crippen molar-refractivity contribution in [3.63, 3.8) is 0 Å². The fraction of sp³-hybridized carbons (Fsp3) is 0.393. The van der Waals surface area contributed by atoms with Crippen molar-refractivity contribution in [2.75, 3.05) is 6.54 Å². The Labute approximate surface area is 185 Å². The van der Waals surface area contributed by atoms with Gasteiger partial charge in [-0.2, -0.15) is 0 Å². The second-order valence-corrected chi connectivity index (χ2v) is 9.60. The molecule has 2 aromatic carbocycles. The number of H-pyrrole nitrogens is 1. The molecule has 5 rings (SSSR count). The lowest BCUT2D eigenvalue weighted by molar-refractivity contribution is 0.197. The summed E-state index contributed by atoms with van der Waals surface area (Å²) in [6, 6.07) is 13.2. The Kier molecular flexibility index (Phi) is 4.80. The van der Waals surface area contributed by atoms with Gasteiger partial charge < -0.3 is 9.88 Å². The zero-order valence-corrected chi connectivity index (χ0v) is 19.3. The standard InChI is InChI=1S/C28H32N3/c1-18-8-6-9-22(16-18)23-12-10-20(3)25(17-23)31-15-7-14-28(31,5)27-29-24-13-11-19(2)21(4)26(24)30-27/h6,8-11,13,16,23H,7,12,14-15H2,1-5H3,(H,29,30)/t23?,28-/m0/s1. The quantitative estimate of drug-likeness (QED) is 0.526. The molecule has 1 aromatic heterocycles. The predicted molar refractivity (Wildman–Crippen MR) is 128 cm³/mol. The van der Waals surface area contributed by atoms with Gasteiger partial charge in [-0.1, -0.05) is 42.0 Å². The lowest BCUT2D eigenvalue weighted by Crippen LogP contribution is -2.40. The number of aryl methyl sites for hydroxylation is 3. The highest BCUT2D eigenvalue weighted by Crippen LogP contribution is 2.44. The first-order valence-corrected chi connectivity index (χ1v) is 11.5. The van der Waals surface area contributed by atoms with Crippen LogP contribution < -0.4 is 0 Å². The molecule has 1 unspecified atom stereocenters. The van der Waals surface area contributed by atoms with Gasteiger partial charge >= 0.3 is 0 Å². The van der Waals surface area contributed by atoms with Crippen LogP contribution in [-0.2, 0) is 5.54 Å². The highest BCUT2D eigenvalue weighted by Gasteiger charge is 2.42. The molecule has 2 aliphatic rings. The third-order valence-electron chi connectivity index (χ3n) is 7.39. The van der Waals surface area contributed by atoms with Crippen LogP contribution in [0.15, 0.2) is 53.7 Å². The third kappa shape index (κ3) is 3.31. The first kappa shape index (κ1) is 20.1. The van der Waals surface area contributed by atoms with E-state index in [0.29, 0.717) is 5.92 Å². The summed E-state index contributed by atoms with van der Waals surface area (Å²) in [5, 5.41) is 0. The lowest BCUT2D eigenvalue weighted by Gasteiger charge is -2.39. The van der Waals surface area contributed by atoms with Crippen molar-refractivity contribution < 1.29 is 0 Å². The van der Waals surface area contributed by atoms with Gasteiger partial charge in [0.1, 0.15) is 5.82 Å². The van der Waals surface area contributed by atoms with E-state index in [4.69, 9.17) is 4.98 Å². The normalized spacial score (nSPS) is 23.9. The van der Waals surface area contributed by atoms with Crippen molar-refractivity contribution in [3.8, 4) is 0 Å². The molecule has 3 heteroatoms. The molecule has 1 radical (unpaired) electrons. The minimum atomic E-state index is -0.148. The van der Waals surface area contributed by atoms with Crippen LogP contribution in [0.1, 0.15) is 67.1 Å². The number of fused-ring (bicyclic) bond motifs is 1. The van der Waals surface area contributed by atoms with Gasteiger partial charge in [0, 0.05) is 18.2 Å². The molecule has 3 aromatic rings. The molecule has 0 amide bonds. The molecule has 0 spiro atoms. The zero-order valence-electron chi connectivity index (χ0n) is 19.3. The fourth-order valence-corrected chi connectivity index (χ4v) is 5.26. The monoisotopic (exact) mass is 410 g/mol. The van der Waals surface area contributed by atoms with Gasteiger partial charge in [-0.25, -0.2) is 4.98 Å². The number of nitrogens with one attached hydrogen (secondary N) is 1. The molecule has 1 aliphatic carbocycles. The van der Waals surface area contributed by atoms with Gasteiger partial charge in [0.25, 0.3) is 0 Å². The molecule has 1 fully saturated rings. The smallest absolute Gasteiger partial charge is 0.132 e. The van der Waals surface area contributed by atoms with Gasteiger partial charge in [0.05, 0.1) is 16.6 Å². The number of hydrogen-bond acceptors (Lipinski definition) is 2. The maximum absolute atomic E-state index is 5.13. The molecule has 31 heavy (non-hydrogen) atoms. The average Bonchev–Trinajstić information content (AvgIpc) is 3.36. The van der Waals surface area contributed by atoms with Gasteiger partial charge in [0.15, 0.2) is 0 Å². The zero-order chi connectivity index (χ0) is 21.8. The van der Waals surface area contributed by atoms with Gasteiger partial charge in [-0.05, 0) is 88.3 Å². The van der Waals surface area contributed by atoms with Crippen LogP contribution >= 0.6 is 0 Å². The molecule has 1 N–H and O–H groups in total. The maximum Gasteiger partial charge on any atom is 0.132 e. The van der Waals surface area contributed by atoms with Gasteiger partial charge in [-0.15, -0.1) is 0 Å². The number of aromatic amines is 1. The van der Waals surface area contributed by atoms with Gasteiger partial charge in [-0.3, -0.25) is 0 Å². The van der Waals surface area contributed by atoms with Crippen molar-refractivity contribution in [2.45, 2.75) is 65.3 Å². The molecular weight excluding hydrogens is 378 g/mol. The summed E-state index contributed by atoms with van der Waals surface area (Å²) >= 11 is 0. The Morgan fingerprint density at radius 2 is 1.97 bits per heavy atom. The fourth-order valence-electron chi connectivity index (χ4n) is 5.26. The number of nitrogens with zero attached hydrogens (tertiary/aromatic N) is 2. The molecule has 0 bridgehead atoms. The number of benzene rings is 2. The Morgan fingerprint density at radius 1 is 1.13 bits per heavy atom. The SMILES string of the molecule is CC1=CCC(c2cccc(C)c2)[C]=C1N1CCC[C@@]1(C)c1nc2c(C)c(C)ccc2[nH]1. The lowest BCUT2D eigenvalue weighted by atomic mass is 9.86. The third-order valence-corrected chi connectivity index (χ3v) is 7.39. The molecule has 3 nitrogen and oxygen atoms in total. The highest BCUT2D eigenvalue weighted by atomic mass is 15.3. The Morgan fingerprint density at radius 3 is 2.77 bits per heavy atom. The molecule has 1 aliphatic heterocycles. The summed E-state index contributed by atoms with van der Waals surface area (Å²) in [6.45, 7) is 12.1. The Hall–Kier alpha value is -2.81. The van der Waals surface area contributed by atoms with E-state index in [1.165, 1.54) is 39.9 Å². The van der Waals surface area contributed by atoms with Crippen LogP contribution in [0.5, 0.6) is 0 Å². The van der Waals surface area contributed by atoms with Crippen molar-refractivity contribution in [1.82, 2.24) is 14.9 Å². The summed E-state index contributed by atoms with van der Waals surface area (Å²) in [5.74, 6) is 1.39. The predicted octanol–water partition coefficient (Wildman–Crippen LogP) is 6.62. The van der Waals surface area contributed by atoms with Crippen LogP contribution in [0.25, 0.3) is 11.0 Å². The van der Waals surface area contributed by atoms with Crippen LogP contribution in [0.3, 0.4) is 0 Å². The van der Waals surface area contributed by atoms with E-state index in [0.717, 1.165) is 36.2 Å². The van der Waals surface area contributed by atoms with E-state index in [1.807, 2.05) is 0 Å². The van der Waals surface area contributed by atoms with Crippen LogP contribution in [0.4, 0.5) is 0 Å². The molecule has 1 saturated heterocycles. The number of imidazole rings is 1. The highest BCUT2D eigenvalue weighted by molar-refractivity contribution is 5.80. The Bertz CT molecular complexity index is 1210. The number of likely N-dealkylation sites (tertiary alicyclic amines) is 1.